The van der Waals surface area contributed by atoms with Gasteiger partial charge in [-0.15, -0.1) is 0 Å². The third kappa shape index (κ3) is 4.13. The van der Waals surface area contributed by atoms with E-state index in [4.69, 9.17) is 0 Å². The molecule has 1 aromatic rings. The van der Waals surface area contributed by atoms with Crippen LogP contribution in [0.2, 0.25) is 0 Å². The Morgan fingerprint density at radius 2 is 2.12 bits per heavy atom. The highest BCUT2D eigenvalue weighted by Gasteiger charge is 1.98. The van der Waals surface area contributed by atoms with E-state index in [-0.39, 0.29) is 0 Å². The lowest BCUT2D eigenvalue weighted by molar-refractivity contribution is -0.108. The Morgan fingerprint density at radius 1 is 1.38 bits per heavy atom. The topological polar surface area (TPSA) is 58.2 Å². The second-order valence-corrected chi connectivity index (χ2v) is 3.44. The van der Waals surface area contributed by atoms with E-state index < -0.39 is 6.03 Å². The first-order valence-electron chi connectivity index (χ1n) is 5.32. The summed E-state index contributed by atoms with van der Waals surface area (Å²) in [6.45, 7) is 2.63. The molecule has 0 bridgehead atoms. The fourth-order valence-corrected chi connectivity index (χ4v) is 1.43. The van der Waals surface area contributed by atoms with Crippen molar-refractivity contribution in [2.24, 2.45) is 0 Å². The van der Waals surface area contributed by atoms with Crippen LogP contribution in [0.5, 0.6) is 0 Å². The average Bonchev–Trinajstić information content (AvgIpc) is 2.30. The van der Waals surface area contributed by atoms with Gasteiger partial charge in [0.15, 0.2) is 0 Å². The molecule has 0 aliphatic rings. The van der Waals surface area contributed by atoms with Crippen LogP contribution in [0, 0.1) is 0 Å². The molecule has 16 heavy (non-hydrogen) atoms. The maximum absolute atomic E-state index is 10.9. The highest BCUT2D eigenvalue weighted by atomic mass is 16.2. The molecule has 0 unspecified atom stereocenters. The Kier molecular flexibility index (Phi) is 5.05. The van der Waals surface area contributed by atoms with Crippen molar-refractivity contribution >= 4 is 12.4 Å². The quantitative estimate of drug-likeness (QED) is 0.734. The maximum atomic E-state index is 10.9. The molecule has 0 spiro atoms. The van der Waals surface area contributed by atoms with Crippen molar-refractivity contribution in [3.05, 3.63) is 35.4 Å². The molecule has 0 aliphatic heterocycles. The van der Waals surface area contributed by atoms with Gasteiger partial charge < -0.3 is 5.32 Å². The van der Waals surface area contributed by atoms with Crippen LogP contribution in [-0.4, -0.2) is 19.0 Å². The smallest absolute Gasteiger partial charge is 0.321 e. The minimum Gasteiger partial charge on any atom is -0.337 e. The largest absolute Gasteiger partial charge is 0.337 e. The van der Waals surface area contributed by atoms with Crippen LogP contribution in [0.15, 0.2) is 24.3 Å². The predicted octanol–water partition coefficient (Wildman–Crippen LogP) is 1.25. The molecule has 3 amide bonds. The minimum absolute atomic E-state index is 0.368. The molecule has 1 aromatic carbocycles. The zero-order chi connectivity index (χ0) is 11.8. The average molecular weight is 220 g/mol. The van der Waals surface area contributed by atoms with Crippen LogP contribution in [0.4, 0.5) is 4.79 Å². The Morgan fingerprint density at radius 3 is 2.81 bits per heavy atom. The number of urea groups is 1. The number of benzene rings is 1. The molecule has 0 heterocycles. The Hall–Kier alpha value is -1.84. The van der Waals surface area contributed by atoms with Crippen LogP contribution < -0.4 is 10.6 Å². The molecule has 0 aliphatic carbocycles. The zero-order valence-electron chi connectivity index (χ0n) is 9.32. The van der Waals surface area contributed by atoms with Gasteiger partial charge in [0.1, 0.15) is 0 Å². The molecule has 0 atom stereocenters. The van der Waals surface area contributed by atoms with Crippen LogP contribution in [0.25, 0.3) is 0 Å². The first-order valence-corrected chi connectivity index (χ1v) is 5.32. The molecule has 0 radical (unpaired) electrons. The lowest BCUT2D eigenvalue weighted by Gasteiger charge is -2.05. The summed E-state index contributed by atoms with van der Waals surface area (Å²) >= 11 is 0. The summed E-state index contributed by atoms with van der Waals surface area (Å²) in [7, 11) is 0. The van der Waals surface area contributed by atoms with Crippen molar-refractivity contribution in [3.8, 4) is 0 Å². The van der Waals surface area contributed by atoms with Crippen molar-refractivity contribution in [1.82, 2.24) is 10.6 Å². The fraction of sp³-hybridized carbons (Fsp3) is 0.333. The van der Waals surface area contributed by atoms with Gasteiger partial charge in [-0.25, -0.2) is 4.79 Å². The highest BCUT2D eigenvalue weighted by Crippen LogP contribution is 2.05. The van der Waals surface area contributed by atoms with Gasteiger partial charge in [-0.3, -0.25) is 10.1 Å². The van der Waals surface area contributed by atoms with Gasteiger partial charge in [0.05, 0.1) is 0 Å². The summed E-state index contributed by atoms with van der Waals surface area (Å²) in [6.07, 6.45) is 2.14. The molecule has 0 fully saturated rings. The number of carbonyl (C=O) groups excluding carboxylic acids is 2. The van der Waals surface area contributed by atoms with Gasteiger partial charge in [0.25, 0.3) is 0 Å². The van der Waals surface area contributed by atoms with Crippen molar-refractivity contribution < 1.29 is 9.59 Å². The first kappa shape index (κ1) is 12.2. The lowest BCUT2D eigenvalue weighted by atomic mass is 10.1. The van der Waals surface area contributed by atoms with Gasteiger partial charge in [-0.1, -0.05) is 31.2 Å². The molecular formula is C12H16N2O2. The van der Waals surface area contributed by atoms with Crippen LogP contribution in [0.3, 0.4) is 0 Å². The monoisotopic (exact) mass is 220 g/mol. The number of hydrogen-bond donors (Lipinski definition) is 2. The number of carbonyl (C=O) groups is 2. The Bertz CT molecular complexity index is 364. The van der Waals surface area contributed by atoms with Crippen LogP contribution in [-0.2, 0) is 17.6 Å². The maximum Gasteiger partial charge on any atom is 0.321 e. The van der Waals surface area contributed by atoms with E-state index in [0.29, 0.717) is 13.0 Å². The van der Waals surface area contributed by atoms with E-state index in [1.807, 2.05) is 17.4 Å². The zero-order valence-corrected chi connectivity index (χ0v) is 9.32. The predicted molar refractivity (Wildman–Crippen MR) is 62.1 cm³/mol. The van der Waals surface area contributed by atoms with E-state index in [0.717, 1.165) is 12.8 Å². The first-order chi connectivity index (χ1) is 7.76. The Labute approximate surface area is 95.0 Å². The minimum atomic E-state index is -0.457. The van der Waals surface area contributed by atoms with Crippen LogP contribution >= 0.6 is 0 Å². The van der Waals surface area contributed by atoms with Gasteiger partial charge in [0, 0.05) is 6.54 Å². The summed E-state index contributed by atoms with van der Waals surface area (Å²) in [4.78, 5) is 20.9. The van der Waals surface area contributed by atoms with Gasteiger partial charge in [-0.05, 0) is 24.0 Å². The van der Waals surface area contributed by atoms with Crippen molar-refractivity contribution in [1.29, 1.82) is 0 Å². The van der Waals surface area contributed by atoms with Crippen molar-refractivity contribution in [3.63, 3.8) is 0 Å². The van der Waals surface area contributed by atoms with Crippen molar-refractivity contribution in [2.75, 3.05) is 6.54 Å². The molecule has 0 saturated carbocycles. The highest BCUT2D eigenvalue weighted by molar-refractivity contribution is 5.84. The third-order valence-electron chi connectivity index (χ3n) is 2.29. The standard InChI is InChI=1S/C12H16N2O2/c1-2-10-4-3-5-11(8-10)6-7-13-12(16)14-9-15/h3-5,8-9H,2,6-7H2,1H3,(H2,13,14,15,16). The van der Waals surface area contributed by atoms with Gasteiger partial charge in [-0.2, -0.15) is 0 Å². The van der Waals surface area contributed by atoms with Crippen molar-refractivity contribution in [2.45, 2.75) is 19.8 Å². The summed E-state index contributed by atoms with van der Waals surface area (Å²) in [6, 6.07) is 7.79. The second-order valence-electron chi connectivity index (χ2n) is 3.44. The third-order valence-corrected chi connectivity index (χ3v) is 2.29. The molecule has 4 heteroatoms. The molecule has 0 saturated heterocycles. The lowest BCUT2D eigenvalue weighted by Crippen LogP contribution is -2.35. The second kappa shape index (κ2) is 6.61. The fourth-order valence-electron chi connectivity index (χ4n) is 1.43. The van der Waals surface area contributed by atoms with E-state index in [1.54, 1.807) is 0 Å². The number of amides is 3. The molecule has 0 aromatic heterocycles. The normalized spacial score (nSPS) is 9.56. The number of aryl methyl sites for hydroxylation is 1. The number of nitrogens with one attached hydrogen (secondary N) is 2. The molecular weight excluding hydrogens is 204 g/mol. The summed E-state index contributed by atoms with van der Waals surface area (Å²) in [5.41, 5.74) is 2.47. The number of imide groups is 1. The van der Waals surface area contributed by atoms with Gasteiger partial charge in [0.2, 0.25) is 6.41 Å². The summed E-state index contributed by atoms with van der Waals surface area (Å²) < 4.78 is 0. The summed E-state index contributed by atoms with van der Waals surface area (Å²) in [5.74, 6) is 0. The van der Waals surface area contributed by atoms with E-state index in [1.165, 1.54) is 11.1 Å². The van der Waals surface area contributed by atoms with Crippen LogP contribution in [0.1, 0.15) is 18.1 Å². The molecule has 2 N–H and O–H groups in total. The summed E-state index contributed by atoms with van der Waals surface area (Å²) in [5, 5.41) is 4.61. The number of rotatable bonds is 5. The molecule has 4 nitrogen and oxygen atoms in total. The molecule has 1 rings (SSSR count). The number of hydrogen-bond acceptors (Lipinski definition) is 2. The van der Waals surface area contributed by atoms with Gasteiger partial charge >= 0.3 is 6.03 Å². The Balaban J connectivity index is 2.36. The van der Waals surface area contributed by atoms with E-state index in [9.17, 15) is 9.59 Å². The SMILES string of the molecule is CCc1cccc(CCNC(=O)NC=O)c1. The molecule has 86 valence electrons. The van der Waals surface area contributed by atoms with E-state index >= 15 is 0 Å². The van der Waals surface area contributed by atoms with E-state index in [2.05, 4.69) is 24.4 Å².